The van der Waals surface area contributed by atoms with Gasteiger partial charge in [-0.3, -0.25) is 14.3 Å². The first-order valence-electron chi connectivity index (χ1n) is 8.83. The Hall–Kier alpha value is -3.75. The van der Waals surface area contributed by atoms with Crippen molar-refractivity contribution in [3.05, 3.63) is 66.4 Å². The molecule has 2 N–H and O–H groups in total. The highest BCUT2D eigenvalue weighted by molar-refractivity contribution is 6.01. The van der Waals surface area contributed by atoms with Crippen molar-refractivity contribution in [3.63, 3.8) is 0 Å². The molecule has 3 aromatic rings. The molecule has 9 nitrogen and oxygen atoms in total. The molecule has 0 bridgehead atoms. The molecule has 142 valence electrons. The van der Waals surface area contributed by atoms with Gasteiger partial charge in [-0.05, 0) is 29.8 Å². The fourth-order valence-corrected chi connectivity index (χ4v) is 3.16. The zero-order valence-electron chi connectivity index (χ0n) is 15.2. The summed E-state index contributed by atoms with van der Waals surface area (Å²) in [5.74, 6) is 0.327. The number of pyridine rings is 1. The first-order chi connectivity index (χ1) is 13.6. The van der Waals surface area contributed by atoms with E-state index in [1.807, 2.05) is 36.2 Å². The second-order valence-corrected chi connectivity index (χ2v) is 6.44. The van der Waals surface area contributed by atoms with E-state index in [-0.39, 0.29) is 24.4 Å². The van der Waals surface area contributed by atoms with E-state index < -0.39 is 0 Å². The summed E-state index contributed by atoms with van der Waals surface area (Å²) < 4.78 is 1.60. The van der Waals surface area contributed by atoms with Crippen molar-refractivity contribution < 1.29 is 9.59 Å². The number of nitrogens with one attached hydrogen (secondary N) is 2. The van der Waals surface area contributed by atoms with Crippen LogP contribution in [-0.4, -0.2) is 38.6 Å². The van der Waals surface area contributed by atoms with E-state index in [1.54, 1.807) is 29.3 Å². The number of hydrogen-bond acceptors (Lipinski definition) is 6. The Kier molecular flexibility index (Phi) is 4.71. The summed E-state index contributed by atoms with van der Waals surface area (Å²) in [6.45, 7) is 0.454. The molecule has 4 rings (SSSR count). The minimum atomic E-state index is -0.373. The summed E-state index contributed by atoms with van der Waals surface area (Å²) in [5.41, 5.74) is 2.05. The Labute approximate surface area is 161 Å². The van der Waals surface area contributed by atoms with Gasteiger partial charge in [0.2, 0.25) is 5.91 Å². The molecule has 3 heterocycles. The van der Waals surface area contributed by atoms with Crippen LogP contribution >= 0.6 is 0 Å². The van der Waals surface area contributed by atoms with Crippen molar-refractivity contribution in [1.29, 1.82) is 0 Å². The fourth-order valence-electron chi connectivity index (χ4n) is 3.16. The number of anilines is 2. The van der Waals surface area contributed by atoms with E-state index in [0.29, 0.717) is 23.6 Å². The molecular weight excluding hydrogens is 358 g/mol. The highest BCUT2D eigenvalue weighted by Gasteiger charge is 2.30. The predicted octanol–water partition coefficient (Wildman–Crippen LogP) is 1.58. The Morgan fingerprint density at radius 1 is 1.29 bits per heavy atom. The van der Waals surface area contributed by atoms with Gasteiger partial charge >= 0.3 is 0 Å². The number of hydrogen-bond donors (Lipinski definition) is 2. The van der Waals surface area contributed by atoms with Crippen molar-refractivity contribution >= 4 is 23.3 Å². The van der Waals surface area contributed by atoms with Gasteiger partial charge in [-0.2, -0.15) is 5.10 Å². The average molecular weight is 377 g/mol. The molecule has 2 amide bonds. The minimum Gasteiger partial charge on any atom is -0.335 e. The van der Waals surface area contributed by atoms with Crippen molar-refractivity contribution in [3.8, 4) is 0 Å². The van der Waals surface area contributed by atoms with Gasteiger partial charge in [0.05, 0.1) is 12.1 Å². The molecule has 2 aromatic heterocycles. The number of aromatic nitrogens is 4. The number of carbonyl (C=O) groups is 2. The first kappa shape index (κ1) is 17.7. The van der Waals surface area contributed by atoms with Crippen molar-refractivity contribution in [1.82, 2.24) is 25.1 Å². The predicted molar refractivity (Wildman–Crippen MR) is 103 cm³/mol. The number of fused-ring (bicyclic) bond motifs is 1. The molecule has 0 saturated carbocycles. The molecule has 1 aromatic carbocycles. The minimum absolute atomic E-state index is 0.124. The molecule has 9 heteroatoms. The molecule has 0 spiro atoms. The number of nitrogens with zero attached hydrogens (tertiary/aromatic N) is 5. The van der Waals surface area contributed by atoms with Crippen LogP contribution in [0.25, 0.3) is 0 Å². The quantitative estimate of drug-likeness (QED) is 0.699. The largest absolute Gasteiger partial charge is 0.335 e. The Morgan fingerprint density at radius 2 is 2.18 bits per heavy atom. The van der Waals surface area contributed by atoms with Gasteiger partial charge in [0.25, 0.3) is 5.91 Å². The monoisotopic (exact) mass is 377 g/mol. The highest BCUT2D eigenvalue weighted by Crippen LogP contribution is 2.30. The second kappa shape index (κ2) is 7.47. The molecule has 1 aliphatic rings. The third-order valence-corrected chi connectivity index (χ3v) is 4.54. The van der Waals surface area contributed by atoms with E-state index in [1.165, 1.54) is 6.33 Å². The molecule has 0 aliphatic carbocycles. The summed E-state index contributed by atoms with van der Waals surface area (Å²) in [7, 11) is 1.87. The summed E-state index contributed by atoms with van der Waals surface area (Å²) in [5, 5.41) is 9.84. The molecule has 28 heavy (non-hydrogen) atoms. The number of aryl methyl sites for hydroxylation is 1. The normalized spacial score (nSPS) is 15.7. The van der Waals surface area contributed by atoms with Crippen LogP contribution in [0.15, 0.2) is 55.2 Å². The first-order valence-corrected chi connectivity index (χ1v) is 8.83. The maximum atomic E-state index is 12.4. The van der Waals surface area contributed by atoms with Crippen LogP contribution in [0.1, 0.15) is 28.5 Å². The third kappa shape index (κ3) is 3.54. The summed E-state index contributed by atoms with van der Waals surface area (Å²) in [6.07, 6.45) is 4.58. The Balaban J connectivity index is 1.48. The van der Waals surface area contributed by atoms with Crippen LogP contribution in [0.3, 0.4) is 0 Å². The summed E-state index contributed by atoms with van der Waals surface area (Å²) >= 11 is 0. The second-order valence-electron chi connectivity index (χ2n) is 6.44. The standard InChI is InChI=1S/C19H19N7O2/c1-25-17(24-19(28)15-6-3-8-21-18(15)25)13-4-2-5-14(10-13)23-16(27)7-9-26-12-20-11-22-26/h2-6,8,10-12,17H,7,9H2,1H3,(H,23,27)(H,24,28). The maximum Gasteiger partial charge on any atom is 0.256 e. The van der Waals surface area contributed by atoms with Crippen LogP contribution < -0.4 is 15.5 Å². The molecule has 0 saturated heterocycles. The van der Waals surface area contributed by atoms with Gasteiger partial charge < -0.3 is 15.5 Å². The van der Waals surface area contributed by atoms with E-state index in [0.717, 1.165) is 5.56 Å². The molecule has 1 aliphatic heterocycles. The summed E-state index contributed by atoms with van der Waals surface area (Å²) in [4.78, 5) is 34.7. The van der Waals surface area contributed by atoms with E-state index in [9.17, 15) is 9.59 Å². The van der Waals surface area contributed by atoms with Gasteiger partial charge in [-0.1, -0.05) is 12.1 Å². The zero-order valence-corrected chi connectivity index (χ0v) is 15.2. The molecule has 1 unspecified atom stereocenters. The van der Waals surface area contributed by atoms with Gasteiger partial charge in [-0.25, -0.2) is 9.97 Å². The van der Waals surface area contributed by atoms with E-state index in [4.69, 9.17) is 0 Å². The van der Waals surface area contributed by atoms with Crippen molar-refractivity contribution in [2.45, 2.75) is 19.1 Å². The van der Waals surface area contributed by atoms with Crippen molar-refractivity contribution in [2.24, 2.45) is 0 Å². The van der Waals surface area contributed by atoms with Crippen LogP contribution in [0.4, 0.5) is 11.5 Å². The van der Waals surface area contributed by atoms with E-state index >= 15 is 0 Å². The maximum absolute atomic E-state index is 12.4. The van der Waals surface area contributed by atoms with Gasteiger partial charge in [0.1, 0.15) is 24.6 Å². The van der Waals surface area contributed by atoms with Crippen LogP contribution in [-0.2, 0) is 11.3 Å². The van der Waals surface area contributed by atoms with Gasteiger partial charge in [0, 0.05) is 25.4 Å². The fraction of sp³-hybridized carbons (Fsp3) is 0.211. The lowest BCUT2D eigenvalue weighted by molar-refractivity contribution is -0.116. The van der Waals surface area contributed by atoms with Crippen LogP contribution in [0.2, 0.25) is 0 Å². The number of carbonyl (C=O) groups excluding carboxylic acids is 2. The Bertz CT molecular complexity index is 1000. The Morgan fingerprint density at radius 3 is 3.00 bits per heavy atom. The zero-order chi connectivity index (χ0) is 19.5. The van der Waals surface area contributed by atoms with Crippen molar-refractivity contribution in [2.75, 3.05) is 17.3 Å². The van der Waals surface area contributed by atoms with Gasteiger partial charge in [0.15, 0.2) is 0 Å². The summed E-state index contributed by atoms with van der Waals surface area (Å²) in [6, 6.07) is 10.9. The average Bonchev–Trinajstić information content (AvgIpc) is 3.23. The number of amides is 2. The van der Waals surface area contributed by atoms with Gasteiger partial charge in [-0.15, -0.1) is 0 Å². The van der Waals surface area contributed by atoms with Crippen LogP contribution in [0.5, 0.6) is 0 Å². The molecule has 1 atom stereocenters. The number of rotatable bonds is 5. The molecular formula is C19H19N7O2. The van der Waals surface area contributed by atoms with Crippen LogP contribution in [0, 0.1) is 0 Å². The third-order valence-electron chi connectivity index (χ3n) is 4.54. The smallest absolute Gasteiger partial charge is 0.256 e. The molecule has 0 radical (unpaired) electrons. The highest BCUT2D eigenvalue weighted by atomic mass is 16.2. The number of benzene rings is 1. The van der Waals surface area contributed by atoms with E-state index in [2.05, 4.69) is 25.7 Å². The topological polar surface area (TPSA) is 105 Å². The molecule has 0 fully saturated rings. The SMILES string of the molecule is CN1c2ncccc2C(=O)NC1c1cccc(NC(=O)CCn2cncn2)c1. The lowest BCUT2D eigenvalue weighted by Crippen LogP contribution is -2.45. The lowest BCUT2D eigenvalue weighted by Gasteiger charge is -2.35. The lowest BCUT2D eigenvalue weighted by atomic mass is 10.1.